The molecular weight excluding hydrogens is 255 g/mol. The van der Waals surface area contributed by atoms with Crippen molar-refractivity contribution in [1.82, 2.24) is 0 Å². The summed E-state index contributed by atoms with van der Waals surface area (Å²) in [5.74, 6) is 0. The molecule has 0 aromatic heterocycles. The monoisotopic (exact) mass is 281 g/mol. The fourth-order valence-electron chi connectivity index (χ4n) is 1.08. The predicted octanol–water partition coefficient (Wildman–Crippen LogP) is 3.31. The van der Waals surface area contributed by atoms with Crippen molar-refractivity contribution >= 4 is 8.25 Å². The van der Waals surface area contributed by atoms with Crippen LogP contribution in [0.3, 0.4) is 0 Å². The van der Waals surface area contributed by atoms with E-state index >= 15 is 0 Å². The molecule has 0 fully saturated rings. The van der Waals surface area contributed by atoms with Gasteiger partial charge in [-0.15, -0.1) is 9.05 Å². The predicted molar refractivity (Wildman–Crippen MR) is 71.0 cm³/mol. The first-order chi connectivity index (χ1) is 8.81. The highest BCUT2D eigenvalue weighted by molar-refractivity contribution is 7.33. The molecule has 0 aliphatic rings. The van der Waals surface area contributed by atoms with E-state index in [9.17, 15) is 4.57 Å². The second-order valence-corrected chi connectivity index (χ2v) is 4.79. The summed E-state index contributed by atoms with van der Waals surface area (Å²) in [6.45, 7) is 7.17. The average molecular weight is 281 g/mol. The summed E-state index contributed by atoms with van der Waals surface area (Å²) in [4.78, 5) is 0. The maximum atomic E-state index is 11.2. The molecule has 0 aromatic rings. The number of unbranched alkanes of at least 4 members (excludes halogenated alkanes) is 2. The van der Waals surface area contributed by atoms with Crippen LogP contribution in [-0.4, -0.2) is 39.6 Å². The van der Waals surface area contributed by atoms with Crippen LogP contribution in [-0.2, 0) is 23.1 Å². The summed E-state index contributed by atoms with van der Waals surface area (Å²) < 4.78 is 31.6. The maximum absolute atomic E-state index is 11.2. The van der Waals surface area contributed by atoms with Gasteiger partial charge in [0.15, 0.2) is 0 Å². The molecule has 0 amide bonds. The lowest BCUT2D eigenvalue weighted by atomic mass is 10.4. The van der Waals surface area contributed by atoms with E-state index in [1.807, 2.05) is 0 Å². The Balaban J connectivity index is 3.12. The van der Waals surface area contributed by atoms with Crippen LogP contribution in [0, 0.1) is 0 Å². The Morgan fingerprint density at radius 2 is 1.17 bits per heavy atom. The van der Waals surface area contributed by atoms with E-state index in [0.29, 0.717) is 26.4 Å². The van der Waals surface area contributed by atoms with E-state index in [-0.39, 0.29) is 0 Å². The molecule has 0 heterocycles. The Kier molecular flexibility index (Phi) is 14.9. The number of hydrogen-bond donors (Lipinski definition) is 0. The molecule has 18 heavy (non-hydrogen) atoms. The zero-order valence-electron chi connectivity index (χ0n) is 11.6. The van der Waals surface area contributed by atoms with Gasteiger partial charge < -0.3 is 9.47 Å². The lowest BCUT2D eigenvalue weighted by Crippen LogP contribution is -2.04. The number of rotatable bonds is 14. The van der Waals surface area contributed by atoms with Crippen molar-refractivity contribution in [3.8, 4) is 0 Å². The largest absolute Gasteiger partial charge is 0.697 e. The van der Waals surface area contributed by atoms with Crippen molar-refractivity contribution in [1.29, 1.82) is 0 Å². The minimum atomic E-state index is -2.04. The van der Waals surface area contributed by atoms with Crippen LogP contribution in [0.15, 0.2) is 0 Å². The van der Waals surface area contributed by atoms with Gasteiger partial charge >= 0.3 is 8.25 Å². The summed E-state index contributed by atoms with van der Waals surface area (Å²) in [5, 5.41) is 0. The van der Waals surface area contributed by atoms with Gasteiger partial charge in [0.2, 0.25) is 0 Å². The van der Waals surface area contributed by atoms with Crippen LogP contribution in [0.1, 0.15) is 39.5 Å². The zero-order valence-corrected chi connectivity index (χ0v) is 12.5. The minimum Gasteiger partial charge on any atom is -0.379 e. The molecule has 0 spiro atoms. The molecule has 0 saturated carbocycles. The van der Waals surface area contributed by atoms with Gasteiger partial charge in [-0.25, -0.2) is 0 Å². The van der Waals surface area contributed by atoms with Crippen molar-refractivity contribution in [3.63, 3.8) is 0 Å². The molecular formula is C12H26O5P+. The summed E-state index contributed by atoms with van der Waals surface area (Å²) in [6, 6.07) is 0. The fraction of sp³-hybridized carbons (Fsp3) is 1.00. The van der Waals surface area contributed by atoms with Crippen LogP contribution < -0.4 is 0 Å². The van der Waals surface area contributed by atoms with E-state index in [4.69, 9.17) is 18.5 Å². The Bertz CT molecular complexity index is 171. The minimum absolute atomic E-state index is 0.301. The van der Waals surface area contributed by atoms with Crippen LogP contribution in [0.4, 0.5) is 0 Å². The Morgan fingerprint density at radius 3 is 1.56 bits per heavy atom. The highest BCUT2D eigenvalue weighted by Crippen LogP contribution is 2.22. The third-order valence-corrected chi connectivity index (χ3v) is 2.92. The summed E-state index contributed by atoms with van der Waals surface area (Å²) in [7, 11) is -2.04. The van der Waals surface area contributed by atoms with Gasteiger partial charge in [0, 0.05) is 17.8 Å². The van der Waals surface area contributed by atoms with Gasteiger partial charge in [-0.1, -0.05) is 26.7 Å². The Hall–Kier alpha value is -0.0600. The van der Waals surface area contributed by atoms with Crippen molar-refractivity contribution in [2.75, 3.05) is 39.6 Å². The summed E-state index contributed by atoms with van der Waals surface area (Å²) >= 11 is 0. The molecule has 0 aliphatic carbocycles. The molecule has 5 nitrogen and oxygen atoms in total. The van der Waals surface area contributed by atoms with E-state index < -0.39 is 8.25 Å². The van der Waals surface area contributed by atoms with Crippen molar-refractivity contribution in [2.24, 2.45) is 0 Å². The SMILES string of the molecule is CCCCOCCO[P+](=O)OCCOCCCC. The lowest BCUT2D eigenvalue weighted by Gasteiger charge is -1.99. The number of hydrogen-bond acceptors (Lipinski definition) is 5. The first-order valence-electron chi connectivity index (χ1n) is 6.69. The second kappa shape index (κ2) is 15.0. The number of ether oxygens (including phenoxy) is 2. The standard InChI is InChI=1S/C12H26O5P/c1-3-5-7-14-9-11-16-18(13)17-12-10-15-8-6-4-2/h3-12H2,1-2H3/q+1. The molecule has 0 N–H and O–H groups in total. The van der Waals surface area contributed by atoms with Crippen LogP contribution in [0.25, 0.3) is 0 Å². The fourth-order valence-corrected chi connectivity index (χ4v) is 1.60. The van der Waals surface area contributed by atoms with Gasteiger partial charge in [-0.2, -0.15) is 0 Å². The van der Waals surface area contributed by atoms with Crippen LogP contribution in [0.2, 0.25) is 0 Å². The van der Waals surface area contributed by atoms with E-state index in [2.05, 4.69) is 13.8 Å². The molecule has 0 atom stereocenters. The molecule has 0 bridgehead atoms. The van der Waals surface area contributed by atoms with E-state index in [1.54, 1.807) is 0 Å². The van der Waals surface area contributed by atoms with Crippen molar-refractivity contribution in [2.45, 2.75) is 39.5 Å². The Labute approximate surface area is 111 Å². The quantitative estimate of drug-likeness (QED) is 0.361. The lowest BCUT2D eigenvalue weighted by molar-refractivity contribution is 0.0781. The van der Waals surface area contributed by atoms with Gasteiger partial charge in [0.05, 0.1) is 13.2 Å². The third-order valence-electron chi connectivity index (χ3n) is 2.13. The van der Waals surface area contributed by atoms with E-state index in [0.717, 1.165) is 38.9 Å². The van der Waals surface area contributed by atoms with Crippen molar-refractivity contribution in [3.05, 3.63) is 0 Å². The molecule has 0 aliphatic heterocycles. The van der Waals surface area contributed by atoms with Crippen LogP contribution in [0.5, 0.6) is 0 Å². The van der Waals surface area contributed by atoms with Gasteiger partial charge in [-0.3, -0.25) is 0 Å². The topological polar surface area (TPSA) is 54.0 Å². The Morgan fingerprint density at radius 1 is 0.722 bits per heavy atom. The van der Waals surface area contributed by atoms with Crippen molar-refractivity contribution < 1.29 is 23.1 Å². The molecule has 0 unspecified atom stereocenters. The third kappa shape index (κ3) is 14.0. The molecule has 0 aromatic carbocycles. The van der Waals surface area contributed by atoms with Gasteiger partial charge in [0.1, 0.15) is 13.2 Å². The first kappa shape index (κ1) is 17.9. The highest BCUT2D eigenvalue weighted by Gasteiger charge is 2.19. The maximum Gasteiger partial charge on any atom is 0.697 e. The second-order valence-electron chi connectivity index (χ2n) is 3.82. The van der Waals surface area contributed by atoms with Crippen LogP contribution >= 0.6 is 8.25 Å². The molecule has 0 rings (SSSR count). The highest BCUT2D eigenvalue weighted by atomic mass is 31.1. The first-order valence-corrected chi connectivity index (χ1v) is 7.79. The molecule has 0 radical (unpaired) electrons. The molecule has 0 saturated heterocycles. The van der Waals surface area contributed by atoms with E-state index in [1.165, 1.54) is 0 Å². The average Bonchev–Trinajstić information content (AvgIpc) is 2.38. The van der Waals surface area contributed by atoms with Gasteiger partial charge in [0.25, 0.3) is 0 Å². The molecule has 108 valence electrons. The summed E-state index contributed by atoms with van der Waals surface area (Å²) in [6.07, 6.45) is 4.29. The molecule has 6 heteroatoms. The summed E-state index contributed by atoms with van der Waals surface area (Å²) in [5.41, 5.74) is 0. The smallest absolute Gasteiger partial charge is 0.379 e. The van der Waals surface area contributed by atoms with Gasteiger partial charge in [-0.05, 0) is 12.8 Å². The normalized spacial score (nSPS) is 10.8. The zero-order chi connectivity index (χ0) is 13.5.